The van der Waals surface area contributed by atoms with Gasteiger partial charge in [-0.2, -0.15) is 13.2 Å². The van der Waals surface area contributed by atoms with E-state index in [1.807, 2.05) is 0 Å². The minimum absolute atomic E-state index is 0.208. The molecule has 1 rings (SSSR count). The van der Waals surface area contributed by atoms with E-state index in [0.717, 1.165) is 6.54 Å². The van der Waals surface area contributed by atoms with Crippen LogP contribution in [0.3, 0.4) is 0 Å². The zero-order valence-corrected chi connectivity index (χ0v) is 12.3. The fourth-order valence-corrected chi connectivity index (χ4v) is 2.45. The predicted molar refractivity (Wildman–Crippen MR) is 70.4 cm³/mol. The van der Waals surface area contributed by atoms with Crippen molar-refractivity contribution in [3.8, 4) is 0 Å². The summed E-state index contributed by atoms with van der Waals surface area (Å²) in [7, 11) is 0. The number of hydrogen-bond donors (Lipinski definition) is 1. The van der Waals surface area contributed by atoms with Gasteiger partial charge in [0, 0.05) is 25.2 Å². The Morgan fingerprint density at radius 2 is 1.74 bits per heavy atom. The summed E-state index contributed by atoms with van der Waals surface area (Å²) < 4.78 is 37.0. The molecule has 0 saturated heterocycles. The van der Waals surface area contributed by atoms with E-state index in [1.54, 1.807) is 0 Å². The molecule has 1 N–H and O–H groups in total. The molecule has 0 amide bonds. The Bertz CT molecular complexity index is 382. The molecule has 0 aromatic carbocycles. The monoisotopic (exact) mass is 296 g/mol. The number of nitrogens with zero attached hydrogens (tertiary/aromatic N) is 3. The van der Waals surface area contributed by atoms with Crippen molar-refractivity contribution in [2.24, 2.45) is 0 Å². The first-order valence-corrected chi connectivity index (χ1v) is 6.93. The summed E-state index contributed by atoms with van der Waals surface area (Å²) in [5.74, 6) is 0. The summed E-state index contributed by atoms with van der Waals surface area (Å²) >= 11 is 0.531. The number of alkyl halides is 3. The van der Waals surface area contributed by atoms with Crippen LogP contribution >= 0.6 is 11.3 Å². The SMILES string of the molecule is CC(C)N(CCNc1nnc(C(F)(F)F)s1)C(C)C. The molecule has 19 heavy (non-hydrogen) atoms. The second kappa shape index (κ2) is 6.51. The molecule has 0 atom stereocenters. The number of aromatic nitrogens is 2. The molecule has 1 aromatic heterocycles. The fourth-order valence-electron chi connectivity index (χ4n) is 1.81. The summed E-state index contributed by atoms with van der Waals surface area (Å²) in [5.41, 5.74) is 0. The normalized spacial score (nSPS) is 12.7. The van der Waals surface area contributed by atoms with E-state index in [-0.39, 0.29) is 5.13 Å². The number of halogens is 3. The van der Waals surface area contributed by atoms with Gasteiger partial charge in [0.25, 0.3) is 0 Å². The van der Waals surface area contributed by atoms with Crippen molar-refractivity contribution in [3.63, 3.8) is 0 Å². The van der Waals surface area contributed by atoms with Gasteiger partial charge in [-0.25, -0.2) is 0 Å². The standard InChI is InChI=1S/C11H19F3N4S/c1-7(2)18(8(3)4)6-5-15-10-17-16-9(19-10)11(12,13)14/h7-8H,5-6H2,1-4H3,(H,15,17). The highest BCUT2D eigenvalue weighted by Gasteiger charge is 2.35. The first kappa shape index (κ1) is 16.2. The first-order chi connectivity index (χ1) is 8.71. The van der Waals surface area contributed by atoms with Gasteiger partial charge < -0.3 is 5.32 Å². The molecular formula is C11H19F3N4S. The van der Waals surface area contributed by atoms with E-state index < -0.39 is 11.2 Å². The van der Waals surface area contributed by atoms with E-state index in [2.05, 4.69) is 48.1 Å². The average Bonchev–Trinajstić information content (AvgIpc) is 2.71. The van der Waals surface area contributed by atoms with Crippen LogP contribution in [0, 0.1) is 0 Å². The van der Waals surface area contributed by atoms with Crippen molar-refractivity contribution in [3.05, 3.63) is 5.01 Å². The summed E-state index contributed by atoms with van der Waals surface area (Å²) in [6.45, 7) is 9.65. The summed E-state index contributed by atoms with van der Waals surface area (Å²) in [5, 5.41) is 8.78. The van der Waals surface area contributed by atoms with Crippen LogP contribution in [0.5, 0.6) is 0 Å². The van der Waals surface area contributed by atoms with E-state index >= 15 is 0 Å². The largest absolute Gasteiger partial charge is 0.445 e. The van der Waals surface area contributed by atoms with E-state index in [1.165, 1.54) is 0 Å². The molecule has 0 saturated carbocycles. The van der Waals surface area contributed by atoms with Crippen molar-refractivity contribution < 1.29 is 13.2 Å². The van der Waals surface area contributed by atoms with Crippen molar-refractivity contribution in [1.29, 1.82) is 0 Å². The molecule has 0 aliphatic carbocycles. The lowest BCUT2D eigenvalue weighted by atomic mass is 10.2. The van der Waals surface area contributed by atoms with Crippen LogP contribution in [0.4, 0.5) is 18.3 Å². The van der Waals surface area contributed by atoms with E-state index in [9.17, 15) is 13.2 Å². The quantitative estimate of drug-likeness (QED) is 0.876. The smallest absolute Gasteiger partial charge is 0.359 e. The lowest BCUT2D eigenvalue weighted by Gasteiger charge is -2.30. The number of rotatable bonds is 6. The van der Waals surface area contributed by atoms with Gasteiger partial charge in [0.05, 0.1) is 0 Å². The van der Waals surface area contributed by atoms with E-state index in [0.29, 0.717) is 30.0 Å². The van der Waals surface area contributed by atoms with Crippen molar-refractivity contribution in [2.75, 3.05) is 18.4 Å². The van der Waals surface area contributed by atoms with Gasteiger partial charge in [-0.05, 0) is 27.7 Å². The zero-order chi connectivity index (χ0) is 14.6. The Morgan fingerprint density at radius 1 is 1.16 bits per heavy atom. The highest BCUT2D eigenvalue weighted by Crippen LogP contribution is 2.32. The van der Waals surface area contributed by atoms with Gasteiger partial charge >= 0.3 is 6.18 Å². The Labute approximate surface area is 115 Å². The molecule has 0 bridgehead atoms. The number of hydrogen-bond acceptors (Lipinski definition) is 5. The highest BCUT2D eigenvalue weighted by atomic mass is 32.1. The van der Waals surface area contributed by atoms with Gasteiger partial charge in [0.15, 0.2) is 0 Å². The maximum Gasteiger partial charge on any atom is 0.445 e. The third-order valence-corrected chi connectivity index (χ3v) is 3.57. The van der Waals surface area contributed by atoms with Crippen LogP contribution in [0.2, 0.25) is 0 Å². The molecule has 0 unspecified atom stereocenters. The van der Waals surface area contributed by atoms with Crippen molar-refractivity contribution in [2.45, 2.75) is 46.0 Å². The maximum absolute atomic E-state index is 12.3. The van der Waals surface area contributed by atoms with Gasteiger partial charge in [-0.1, -0.05) is 11.3 Å². The van der Waals surface area contributed by atoms with Crippen LogP contribution in [-0.4, -0.2) is 40.3 Å². The third-order valence-electron chi connectivity index (χ3n) is 2.64. The molecule has 1 aromatic rings. The van der Waals surface area contributed by atoms with Gasteiger partial charge in [-0.3, -0.25) is 4.90 Å². The molecule has 0 fully saturated rings. The Hall–Kier alpha value is -0.890. The van der Waals surface area contributed by atoms with Gasteiger partial charge in [-0.15, -0.1) is 10.2 Å². The third kappa shape index (κ3) is 4.94. The Kier molecular flexibility index (Phi) is 5.54. The lowest BCUT2D eigenvalue weighted by molar-refractivity contribution is -0.138. The Morgan fingerprint density at radius 3 is 2.16 bits per heavy atom. The van der Waals surface area contributed by atoms with Crippen molar-refractivity contribution in [1.82, 2.24) is 15.1 Å². The average molecular weight is 296 g/mol. The van der Waals surface area contributed by atoms with Crippen LogP contribution < -0.4 is 5.32 Å². The van der Waals surface area contributed by atoms with Gasteiger partial charge in [0.2, 0.25) is 10.1 Å². The summed E-state index contributed by atoms with van der Waals surface area (Å²) in [6.07, 6.45) is -4.42. The zero-order valence-electron chi connectivity index (χ0n) is 11.5. The molecule has 0 spiro atoms. The number of anilines is 1. The van der Waals surface area contributed by atoms with Crippen LogP contribution in [0.25, 0.3) is 0 Å². The van der Waals surface area contributed by atoms with Crippen LogP contribution in [0.1, 0.15) is 32.7 Å². The van der Waals surface area contributed by atoms with Crippen LogP contribution in [0.15, 0.2) is 0 Å². The summed E-state index contributed by atoms with van der Waals surface area (Å²) in [6, 6.07) is 0.781. The predicted octanol–water partition coefficient (Wildman–Crippen LogP) is 3.09. The highest BCUT2D eigenvalue weighted by molar-refractivity contribution is 7.15. The Balaban J connectivity index is 2.47. The molecule has 1 heterocycles. The topological polar surface area (TPSA) is 41.0 Å². The fraction of sp³-hybridized carbons (Fsp3) is 0.818. The molecule has 0 aliphatic heterocycles. The molecule has 0 aliphatic rings. The number of nitrogens with one attached hydrogen (secondary N) is 1. The van der Waals surface area contributed by atoms with E-state index in [4.69, 9.17) is 0 Å². The molecule has 4 nitrogen and oxygen atoms in total. The minimum Gasteiger partial charge on any atom is -0.359 e. The van der Waals surface area contributed by atoms with Crippen molar-refractivity contribution >= 4 is 16.5 Å². The molecule has 8 heteroatoms. The molecule has 0 radical (unpaired) electrons. The molecular weight excluding hydrogens is 277 g/mol. The maximum atomic E-state index is 12.3. The second-order valence-corrected chi connectivity index (χ2v) is 5.74. The minimum atomic E-state index is -4.42. The lowest BCUT2D eigenvalue weighted by Crippen LogP contribution is -2.40. The second-order valence-electron chi connectivity index (χ2n) is 4.76. The molecule has 110 valence electrons. The summed E-state index contributed by atoms with van der Waals surface area (Å²) in [4.78, 5) is 2.25. The first-order valence-electron chi connectivity index (χ1n) is 6.12. The van der Waals surface area contributed by atoms with Gasteiger partial charge in [0.1, 0.15) is 0 Å². The van der Waals surface area contributed by atoms with Crippen LogP contribution in [-0.2, 0) is 6.18 Å².